The highest BCUT2D eigenvalue weighted by atomic mass is 19.1. The Balaban J connectivity index is 1.96. The molecule has 0 fully saturated rings. The molecule has 0 aliphatic heterocycles. The van der Waals surface area contributed by atoms with E-state index in [1.807, 2.05) is 17.6 Å². The molecule has 0 saturated carbocycles. The summed E-state index contributed by atoms with van der Waals surface area (Å²) >= 11 is 0. The summed E-state index contributed by atoms with van der Waals surface area (Å²) < 4.78 is 15.2. The molecule has 1 aromatic carbocycles. The standard InChI is InChI=1S/C13H14FN5/c1-2-19-9-17-18-13(19)8-16-7-11-3-10(6-15)4-12(14)5-11/h3-5,9,16H,2,7-8H2,1H3. The summed E-state index contributed by atoms with van der Waals surface area (Å²) in [5.74, 6) is 0.437. The van der Waals surface area contributed by atoms with Crippen LogP contribution in [0.5, 0.6) is 0 Å². The molecule has 1 N–H and O–H groups in total. The van der Waals surface area contributed by atoms with Crippen LogP contribution in [0.15, 0.2) is 24.5 Å². The van der Waals surface area contributed by atoms with Crippen molar-refractivity contribution in [3.05, 3.63) is 47.3 Å². The maximum Gasteiger partial charge on any atom is 0.146 e. The molecule has 0 saturated heterocycles. The predicted molar refractivity (Wildman–Crippen MR) is 67.4 cm³/mol. The van der Waals surface area contributed by atoms with Crippen molar-refractivity contribution in [2.75, 3.05) is 0 Å². The van der Waals surface area contributed by atoms with Crippen LogP contribution in [0.1, 0.15) is 23.9 Å². The zero-order valence-corrected chi connectivity index (χ0v) is 10.6. The lowest BCUT2D eigenvalue weighted by Crippen LogP contribution is -2.16. The van der Waals surface area contributed by atoms with Gasteiger partial charge in [-0.15, -0.1) is 10.2 Å². The van der Waals surface area contributed by atoms with Gasteiger partial charge in [0.1, 0.15) is 18.0 Å². The lowest BCUT2D eigenvalue weighted by Gasteiger charge is -2.06. The SMILES string of the molecule is CCn1cnnc1CNCc1cc(F)cc(C#N)c1. The molecule has 2 rings (SSSR count). The smallest absolute Gasteiger partial charge is 0.146 e. The first kappa shape index (κ1) is 13.2. The number of nitrogens with one attached hydrogen (secondary N) is 1. The van der Waals surface area contributed by atoms with E-state index in [4.69, 9.17) is 5.26 Å². The molecule has 2 aromatic rings. The van der Waals surface area contributed by atoms with E-state index < -0.39 is 5.82 Å². The molecule has 0 amide bonds. The molecule has 1 aromatic heterocycles. The highest BCUT2D eigenvalue weighted by molar-refractivity contribution is 5.33. The zero-order valence-electron chi connectivity index (χ0n) is 10.6. The topological polar surface area (TPSA) is 66.5 Å². The third kappa shape index (κ3) is 3.36. The summed E-state index contributed by atoms with van der Waals surface area (Å²) in [6, 6.07) is 6.24. The first-order valence-electron chi connectivity index (χ1n) is 6.00. The summed E-state index contributed by atoms with van der Waals surface area (Å²) in [5, 5.41) is 19.8. The number of halogens is 1. The van der Waals surface area contributed by atoms with Gasteiger partial charge in [0.2, 0.25) is 0 Å². The monoisotopic (exact) mass is 259 g/mol. The fraction of sp³-hybridized carbons (Fsp3) is 0.308. The Morgan fingerprint density at radius 2 is 2.21 bits per heavy atom. The minimum atomic E-state index is -0.396. The van der Waals surface area contributed by atoms with Gasteiger partial charge in [0, 0.05) is 13.1 Å². The molecule has 0 bridgehead atoms. The predicted octanol–water partition coefficient (Wildman–Crippen LogP) is 1.60. The minimum Gasteiger partial charge on any atom is -0.317 e. The van der Waals surface area contributed by atoms with E-state index in [0.717, 1.165) is 17.9 Å². The molecular weight excluding hydrogens is 245 g/mol. The summed E-state index contributed by atoms with van der Waals surface area (Å²) in [5.41, 5.74) is 1.06. The number of hydrogen-bond acceptors (Lipinski definition) is 4. The van der Waals surface area contributed by atoms with Gasteiger partial charge < -0.3 is 9.88 Å². The van der Waals surface area contributed by atoms with Crippen molar-refractivity contribution >= 4 is 0 Å². The van der Waals surface area contributed by atoms with Gasteiger partial charge in [-0.25, -0.2) is 4.39 Å². The second-order valence-corrected chi connectivity index (χ2v) is 4.10. The van der Waals surface area contributed by atoms with E-state index in [-0.39, 0.29) is 0 Å². The van der Waals surface area contributed by atoms with Crippen LogP contribution in [-0.4, -0.2) is 14.8 Å². The first-order valence-corrected chi connectivity index (χ1v) is 6.00. The Morgan fingerprint density at radius 3 is 2.95 bits per heavy atom. The molecule has 0 aliphatic carbocycles. The van der Waals surface area contributed by atoms with Crippen LogP contribution in [0.25, 0.3) is 0 Å². The highest BCUT2D eigenvalue weighted by Gasteiger charge is 2.03. The normalized spacial score (nSPS) is 10.4. The van der Waals surface area contributed by atoms with Gasteiger partial charge in [0.05, 0.1) is 18.2 Å². The molecule has 0 unspecified atom stereocenters. The largest absolute Gasteiger partial charge is 0.317 e. The van der Waals surface area contributed by atoms with Gasteiger partial charge in [0.25, 0.3) is 0 Å². The van der Waals surface area contributed by atoms with E-state index >= 15 is 0 Å². The Labute approximate surface area is 110 Å². The lowest BCUT2D eigenvalue weighted by atomic mass is 10.1. The van der Waals surface area contributed by atoms with Crippen molar-refractivity contribution in [2.24, 2.45) is 0 Å². The van der Waals surface area contributed by atoms with E-state index in [0.29, 0.717) is 18.7 Å². The van der Waals surface area contributed by atoms with Crippen LogP contribution in [0.3, 0.4) is 0 Å². The van der Waals surface area contributed by atoms with Gasteiger partial charge >= 0.3 is 0 Å². The molecular formula is C13H14FN5. The van der Waals surface area contributed by atoms with Crippen molar-refractivity contribution in [3.63, 3.8) is 0 Å². The van der Waals surface area contributed by atoms with Crippen LogP contribution in [-0.2, 0) is 19.6 Å². The Bertz CT molecular complexity index is 599. The fourth-order valence-electron chi connectivity index (χ4n) is 1.82. The Kier molecular flexibility index (Phi) is 4.21. The van der Waals surface area contributed by atoms with Crippen molar-refractivity contribution < 1.29 is 4.39 Å². The van der Waals surface area contributed by atoms with Crippen molar-refractivity contribution in [2.45, 2.75) is 26.6 Å². The number of aromatic nitrogens is 3. The van der Waals surface area contributed by atoms with E-state index in [2.05, 4.69) is 15.5 Å². The first-order chi connectivity index (χ1) is 9.22. The van der Waals surface area contributed by atoms with Crippen LogP contribution in [0.2, 0.25) is 0 Å². The number of hydrogen-bond donors (Lipinski definition) is 1. The van der Waals surface area contributed by atoms with Crippen molar-refractivity contribution in [3.8, 4) is 6.07 Å². The van der Waals surface area contributed by atoms with Gasteiger partial charge in [-0.1, -0.05) is 0 Å². The number of nitriles is 1. The number of benzene rings is 1. The second kappa shape index (κ2) is 6.07. The third-order valence-electron chi connectivity index (χ3n) is 2.74. The maximum absolute atomic E-state index is 13.2. The third-order valence-corrected chi connectivity index (χ3v) is 2.74. The second-order valence-electron chi connectivity index (χ2n) is 4.10. The Morgan fingerprint density at radius 1 is 1.37 bits per heavy atom. The number of aryl methyl sites for hydroxylation is 1. The minimum absolute atomic E-state index is 0.327. The average Bonchev–Trinajstić information content (AvgIpc) is 2.85. The quantitative estimate of drug-likeness (QED) is 0.885. The fourth-order valence-corrected chi connectivity index (χ4v) is 1.82. The molecule has 19 heavy (non-hydrogen) atoms. The van der Waals surface area contributed by atoms with Gasteiger partial charge in [-0.2, -0.15) is 5.26 Å². The number of rotatable bonds is 5. The molecule has 98 valence electrons. The lowest BCUT2D eigenvalue weighted by molar-refractivity contribution is 0.602. The van der Waals surface area contributed by atoms with Gasteiger partial charge in [-0.05, 0) is 30.7 Å². The van der Waals surface area contributed by atoms with Crippen LogP contribution >= 0.6 is 0 Å². The van der Waals surface area contributed by atoms with E-state index in [9.17, 15) is 4.39 Å². The highest BCUT2D eigenvalue weighted by Crippen LogP contribution is 2.08. The van der Waals surface area contributed by atoms with Gasteiger partial charge in [0.15, 0.2) is 0 Å². The molecule has 0 atom stereocenters. The number of nitrogens with zero attached hydrogens (tertiary/aromatic N) is 4. The van der Waals surface area contributed by atoms with E-state index in [1.54, 1.807) is 12.4 Å². The van der Waals surface area contributed by atoms with Crippen LogP contribution in [0, 0.1) is 17.1 Å². The summed E-state index contributed by atoms with van der Waals surface area (Å²) in [6.45, 7) is 3.84. The van der Waals surface area contributed by atoms with Gasteiger partial charge in [-0.3, -0.25) is 0 Å². The summed E-state index contributed by atoms with van der Waals surface area (Å²) in [6.07, 6.45) is 1.67. The van der Waals surface area contributed by atoms with Crippen LogP contribution in [0.4, 0.5) is 4.39 Å². The van der Waals surface area contributed by atoms with E-state index in [1.165, 1.54) is 12.1 Å². The summed E-state index contributed by atoms with van der Waals surface area (Å²) in [7, 11) is 0. The zero-order chi connectivity index (χ0) is 13.7. The average molecular weight is 259 g/mol. The maximum atomic E-state index is 13.2. The molecule has 0 aliphatic rings. The molecule has 0 spiro atoms. The van der Waals surface area contributed by atoms with Crippen LogP contribution < -0.4 is 5.32 Å². The molecule has 0 radical (unpaired) electrons. The molecule has 6 heteroatoms. The Hall–Kier alpha value is -2.26. The molecule has 1 heterocycles. The molecule has 5 nitrogen and oxygen atoms in total. The van der Waals surface area contributed by atoms with Crippen molar-refractivity contribution in [1.29, 1.82) is 5.26 Å². The summed E-state index contributed by atoms with van der Waals surface area (Å²) in [4.78, 5) is 0. The van der Waals surface area contributed by atoms with Crippen molar-refractivity contribution in [1.82, 2.24) is 20.1 Å².